The van der Waals surface area contributed by atoms with Gasteiger partial charge in [0.1, 0.15) is 5.76 Å². The summed E-state index contributed by atoms with van der Waals surface area (Å²) in [6, 6.07) is 3.70. The van der Waals surface area contributed by atoms with Crippen LogP contribution < -0.4 is 0 Å². The fourth-order valence-electron chi connectivity index (χ4n) is 1.96. The van der Waals surface area contributed by atoms with Crippen LogP contribution in [-0.2, 0) is 11.2 Å². The minimum absolute atomic E-state index is 0.137. The normalized spacial score (nSPS) is 16.0. The number of hydrogen-bond donors (Lipinski definition) is 1. The number of hydrogen-bond acceptors (Lipinski definition) is 4. The number of amides is 1. The number of carbonyl (C=O) groups excluding carboxylic acids is 1. The molecule has 1 aromatic heterocycles. The highest BCUT2D eigenvalue weighted by Crippen LogP contribution is 2.11. The van der Waals surface area contributed by atoms with E-state index >= 15 is 0 Å². The van der Waals surface area contributed by atoms with Crippen LogP contribution in [0.2, 0.25) is 0 Å². The Morgan fingerprint density at radius 2 is 2.24 bits per heavy atom. The first-order chi connectivity index (χ1) is 8.29. The first-order valence-electron chi connectivity index (χ1n) is 5.79. The summed E-state index contributed by atoms with van der Waals surface area (Å²) in [6.45, 7) is 1.30. The lowest BCUT2D eigenvalue weighted by molar-refractivity contribution is -0.131. The molecule has 1 N–H and O–H groups in total. The third kappa shape index (κ3) is 3.09. The van der Waals surface area contributed by atoms with Gasteiger partial charge in [-0.15, -0.1) is 0 Å². The van der Waals surface area contributed by atoms with Crippen LogP contribution in [0.3, 0.4) is 0 Å². The Bertz CT molecular complexity index is 388. The summed E-state index contributed by atoms with van der Waals surface area (Å²) < 4.78 is 5.18. The smallest absolute Gasteiger partial charge is 0.223 e. The standard InChI is InChI=1S/C12H16N2O3/c15-12(4-3-11-2-1-9-17-11)14-7-5-10(13-16)6-8-14/h1-2,9,16H,3-8H2. The monoisotopic (exact) mass is 236 g/mol. The minimum atomic E-state index is 0.137. The quantitative estimate of drug-likeness (QED) is 0.641. The number of carbonyl (C=O) groups is 1. The third-order valence-corrected chi connectivity index (χ3v) is 3.00. The number of furan rings is 1. The largest absolute Gasteiger partial charge is 0.469 e. The van der Waals surface area contributed by atoms with E-state index in [1.165, 1.54) is 0 Å². The molecule has 0 aromatic carbocycles. The van der Waals surface area contributed by atoms with Crippen molar-refractivity contribution < 1.29 is 14.4 Å². The fraction of sp³-hybridized carbons (Fsp3) is 0.500. The van der Waals surface area contributed by atoms with Crippen LogP contribution in [0.4, 0.5) is 0 Å². The van der Waals surface area contributed by atoms with E-state index in [1.807, 2.05) is 17.0 Å². The molecule has 0 radical (unpaired) electrons. The number of likely N-dealkylation sites (tertiary alicyclic amines) is 1. The lowest BCUT2D eigenvalue weighted by Gasteiger charge is -2.27. The Balaban J connectivity index is 1.77. The average molecular weight is 236 g/mol. The van der Waals surface area contributed by atoms with Crippen molar-refractivity contribution >= 4 is 11.6 Å². The van der Waals surface area contributed by atoms with E-state index in [9.17, 15) is 4.79 Å². The van der Waals surface area contributed by atoms with Crippen LogP contribution in [0, 0.1) is 0 Å². The van der Waals surface area contributed by atoms with E-state index in [0.717, 1.165) is 11.5 Å². The Kier molecular flexibility index (Phi) is 3.80. The highest BCUT2D eigenvalue weighted by Gasteiger charge is 2.19. The number of oxime groups is 1. The van der Waals surface area contributed by atoms with Crippen molar-refractivity contribution in [2.75, 3.05) is 13.1 Å². The molecule has 5 nitrogen and oxygen atoms in total. The maximum absolute atomic E-state index is 11.9. The minimum Gasteiger partial charge on any atom is -0.469 e. The molecule has 2 heterocycles. The van der Waals surface area contributed by atoms with Crippen LogP contribution in [-0.4, -0.2) is 34.8 Å². The summed E-state index contributed by atoms with van der Waals surface area (Å²) in [7, 11) is 0. The molecular formula is C12H16N2O3. The van der Waals surface area contributed by atoms with Gasteiger partial charge in [0.2, 0.25) is 5.91 Å². The van der Waals surface area contributed by atoms with Crippen molar-refractivity contribution in [3.05, 3.63) is 24.2 Å². The zero-order valence-electron chi connectivity index (χ0n) is 9.63. The van der Waals surface area contributed by atoms with Crippen LogP contribution >= 0.6 is 0 Å². The molecule has 1 aliphatic heterocycles. The zero-order valence-corrected chi connectivity index (χ0v) is 9.63. The molecule has 0 spiro atoms. The van der Waals surface area contributed by atoms with E-state index in [4.69, 9.17) is 9.62 Å². The Hall–Kier alpha value is -1.78. The average Bonchev–Trinajstić information content (AvgIpc) is 2.89. The molecule has 0 unspecified atom stereocenters. The van der Waals surface area contributed by atoms with Crippen molar-refractivity contribution in [3.8, 4) is 0 Å². The first kappa shape index (κ1) is 11.7. The maximum atomic E-state index is 11.9. The summed E-state index contributed by atoms with van der Waals surface area (Å²) in [5.41, 5.74) is 0.778. The second-order valence-corrected chi connectivity index (χ2v) is 4.13. The number of rotatable bonds is 3. The van der Waals surface area contributed by atoms with Crippen LogP contribution in [0.25, 0.3) is 0 Å². The van der Waals surface area contributed by atoms with Gasteiger partial charge in [0, 0.05) is 38.8 Å². The lowest BCUT2D eigenvalue weighted by atomic mass is 10.1. The highest BCUT2D eigenvalue weighted by atomic mass is 16.4. The van der Waals surface area contributed by atoms with Crippen molar-refractivity contribution in [2.24, 2.45) is 5.16 Å². The van der Waals surface area contributed by atoms with Crippen molar-refractivity contribution in [2.45, 2.75) is 25.7 Å². The molecule has 5 heteroatoms. The van der Waals surface area contributed by atoms with Crippen LogP contribution in [0.15, 0.2) is 28.0 Å². The van der Waals surface area contributed by atoms with E-state index in [-0.39, 0.29) is 5.91 Å². The Morgan fingerprint density at radius 3 is 2.82 bits per heavy atom. The van der Waals surface area contributed by atoms with Gasteiger partial charge in [0.05, 0.1) is 12.0 Å². The Morgan fingerprint density at radius 1 is 1.47 bits per heavy atom. The van der Waals surface area contributed by atoms with Gasteiger partial charge in [0.15, 0.2) is 0 Å². The van der Waals surface area contributed by atoms with Gasteiger partial charge in [-0.25, -0.2) is 0 Å². The molecule has 0 aliphatic carbocycles. The lowest BCUT2D eigenvalue weighted by Crippen LogP contribution is -2.38. The SMILES string of the molecule is O=C(CCc1ccco1)N1CCC(=NO)CC1. The molecule has 1 aromatic rings. The second kappa shape index (κ2) is 5.52. The first-order valence-corrected chi connectivity index (χ1v) is 5.79. The molecule has 0 bridgehead atoms. The molecule has 1 saturated heterocycles. The van der Waals surface area contributed by atoms with E-state index < -0.39 is 0 Å². The molecule has 0 atom stereocenters. The van der Waals surface area contributed by atoms with Crippen molar-refractivity contribution in [1.29, 1.82) is 0 Å². The van der Waals surface area contributed by atoms with E-state index in [0.29, 0.717) is 38.8 Å². The highest BCUT2D eigenvalue weighted by molar-refractivity contribution is 5.87. The van der Waals surface area contributed by atoms with Gasteiger partial charge in [-0.1, -0.05) is 5.16 Å². The molecule has 17 heavy (non-hydrogen) atoms. The summed E-state index contributed by atoms with van der Waals surface area (Å²) in [6.07, 6.45) is 4.07. The maximum Gasteiger partial charge on any atom is 0.223 e. The van der Waals surface area contributed by atoms with Gasteiger partial charge >= 0.3 is 0 Å². The van der Waals surface area contributed by atoms with Crippen LogP contribution in [0.5, 0.6) is 0 Å². The van der Waals surface area contributed by atoms with Gasteiger partial charge in [0.25, 0.3) is 0 Å². The van der Waals surface area contributed by atoms with Gasteiger partial charge in [-0.05, 0) is 12.1 Å². The molecule has 92 valence electrons. The molecule has 0 saturated carbocycles. The summed E-state index contributed by atoms with van der Waals surface area (Å²) in [5, 5.41) is 11.8. The van der Waals surface area contributed by atoms with Crippen LogP contribution in [0.1, 0.15) is 25.0 Å². The summed E-state index contributed by atoms with van der Waals surface area (Å²) >= 11 is 0. The molecule has 1 amide bonds. The third-order valence-electron chi connectivity index (χ3n) is 3.00. The van der Waals surface area contributed by atoms with Gasteiger partial charge in [-0.2, -0.15) is 0 Å². The fourth-order valence-corrected chi connectivity index (χ4v) is 1.96. The summed E-state index contributed by atoms with van der Waals surface area (Å²) in [4.78, 5) is 13.7. The molecule has 1 fully saturated rings. The zero-order chi connectivity index (χ0) is 12.1. The molecular weight excluding hydrogens is 220 g/mol. The number of nitrogens with zero attached hydrogens (tertiary/aromatic N) is 2. The molecule has 1 aliphatic rings. The van der Waals surface area contributed by atoms with Crippen molar-refractivity contribution in [1.82, 2.24) is 4.90 Å². The topological polar surface area (TPSA) is 66.0 Å². The van der Waals surface area contributed by atoms with Gasteiger partial charge < -0.3 is 14.5 Å². The van der Waals surface area contributed by atoms with E-state index in [1.54, 1.807) is 6.26 Å². The Labute approximate surface area is 99.7 Å². The van der Waals surface area contributed by atoms with Crippen molar-refractivity contribution in [3.63, 3.8) is 0 Å². The summed E-state index contributed by atoms with van der Waals surface area (Å²) in [5.74, 6) is 0.978. The predicted octanol–water partition coefficient (Wildman–Crippen LogP) is 1.66. The van der Waals surface area contributed by atoms with E-state index in [2.05, 4.69) is 5.16 Å². The predicted molar refractivity (Wildman–Crippen MR) is 62.1 cm³/mol. The number of piperidine rings is 1. The molecule has 2 rings (SSSR count). The number of aryl methyl sites for hydroxylation is 1. The van der Waals surface area contributed by atoms with Gasteiger partial charge in [-0.3, -0.25) is 4.79 Å². The second-order valence-electron chi connectivity index (χ2n) is 4.13.